The molecule has 2 heterocycles. The summed E-state index contributed by atoms with van der Waals surface area (Å²) in [6.45, 7) is -1.94. The van der Waals surface area contributed by atoms with Crippen molar-refractivity contribution < 1.29 is 40.4 Å². The minimum atomic E-state index is -4.99. The number of carbonyl (C=O) groups is 1. The molecule has 0 unspecified atom stereocenters. The molecule has 2 aromatic carbocycles. The number of nitrogens with two attached hydrogens (primary N) is 1. The zero-order valence-electron chi connectivity index (χ0n) is 16.9. The van der Waals surface area contributed by atoms with Gasteiger partial charge in [-0.1, -0.05) is 17.3 Å². The molecule has 13 heteroatoms. The van der Waals surface area contributed by atoms with Crippen molar-refractivity contribution in [2.24, 2.45) is 5.73 Å². The molecule has 0 atom stereocenters. The van der Waals surface area contributed by atoms with Crippen LogP contribution in [0.4, 0.5) is 26.3 Å². The predicted molar refractivity (Wildman–Crippen MR) is 106 cm³/mol. The number of aromatic nitrogens is 3. The molecule has 2 N–H and O–H groups in total. The fraction of sp³-hybridized carbons (Fsp3) is 0.190. The van der Waals surface area contributed by atoms with Crippen molar-refractivity contribution in [2.45, 2.75) is 18.9 Å². The average molecular weight is 484 g/mol. The standard InChI is InChI=1S/C21H14F6N4O3/c22-20(23,24)10-33-16-5-4-11(8-14(16)21(25,26)27)19-29-18(30-34-19)13-2-1-3-15-12(13)6-7-31(15)9-17(28)32/h1-8H,9-10H2,(H2,28,32). The molecule has 4 rings (SSSR count). The summed E-state index contributed by atoms with van der Waals surface area (Å²) in [7, 11) is 0. The van der Waals surface area contributed by atoms with E-state index in [1.807, 2.05) is 0 Å². The van der Waals surface area contributed by atoms with E-state index in [-0.39, 0.29) is 23.8 Å². The Balaban J connectivity index is 1.70. The molecule has 2 aromatic heterocycles. The number of halogens is 6. The van der Waals surface area contributed by atoms with Crippen LogP contribution in [0.25, 0.3) is 33.7 Å². The molecule has 0 saturated heterocycles. The lowest BCUT2D eigenvalue weighted by atomic mass is 10.1. The van der Waals surface area contributed by atoms with Crippen LogP contribution in [0, 0.1) is 0 Å². The number of alkyl halides is 6. The Labute approximate surface area is 186 Å². The number of ether oxygens (including phenoxy) is 1. The second kappa shape index (κ2) is 8.39. The number of rotatable bonds is 6. The summed E-state index contributed by atoms with van der Waals surface area (Å²) < 4.78 is 88.5. The first-order valence-electron chi connectivity index (χ1n) is 9.54. The van der Waals surface area contributed by atoms with Crippen molar-refractivity contribution in [1.82, 2.24) is 14.7 Å². The van der Waals surface area contributed by atoms with Crippen LogP contribution >= 0.6 is 0 Å². The van der Waals surface area contributed by atoms with Crippen LogP contribution in [0.15, 0.2) is 53.2 Å². The lowest BCUT2D eigenvalue weighted by molar-refractivity contribution is -0.158. The second-order valence-electron chi connectivity index (χ2n) is 7.18. The van der Waals surface area contributed by atoms with E-state index in [9.17, 15) is 31.1 Å². The second-order valence-corrected chi connectivity index (χ2v) is 7.18. The molecule has 0 aliphatic rings. The molecule has 34 heavy (non-hydrogen) atoms. The van der Waals surface area contributed by atoms with Gasteiger partial charge in [0.05, 0.1) is 5.56 Å². The van der Waals surface area contributed by atoms with E-state index < -0.39 is 36.2 Å². The highest BCUT2D eigenvalue weighted by molar-refractivity contribution is 5.94. The van der Waals surface area contributed by atoms with E-state index >= 15 is 0 Å². The third kappa shape index (κ3) is 4.82. The summed E-state index contributed by atoms with van der Waals surface area (Å²) >= 11 is 0. The highest BCUT2D eigenvalue weighted by Crippen LogP contribution is 2.39. The number of nitrogens with zero attached hydrogens (tertiary/aromatic N) is 3. The van der Waals surface area contributed by atoms with E-state index in [1.165, 1.54) is 0 Å². The molecule has 0 bridgehead atoms. The van der Waals surface area contributed by atoms with Gasteiger partial charge in [0.25, 0.3) is 5.89 Å². The summed E-state index contributed by atoms with van der Waals surface area (Å²) in [5, 5.41) is 4.46. The lowest BCUT2D eigenvalue weighted by Crippen LogP contribution is -2.20. The van der Waals surface area contributed by atoms with Gasteiger partial charge in [-0.25, -0.2) is 0 Å². The highest BCUT2D eigenvalue weighted by Gasteiger charge is 2.37. The maximum atomic E-state index is 13.4. The first kappa shape index (κ1) is 23.1. The molecule has 1 amide bonds. The smallest absolute Gasteiger partial charge is 0.422 e. The van der Waals surface area contributed by atoms with Crippen molar-refractivity contribution in [3.63, 3.8) is 0 Å². The highest BCUT2D eigenvalue weighted by atomic mass is 19.4. The Morgan fingerprint density at radius 2 is 1.85 bits per heavy atom. The number of fused-ring (bicyclic) bond motifs is 1. The van der Waals surface area contributed by atoms with Crippen molar-refractivity contribution >= 4 is 16.8 Å². The first-order valence-corrected chi connectivity index (χ1v) is 9.54. The summed E-state index contributed by atoms with van der Waals surface area (Å²) in [6, 6.07) is 9.17. The zero-order valence-corrected chi connectivity index (χ0v) is 16.9. The molecule has 4 aromatic rings. The summed E-state index contributed by atoms with van der Waals surface area (Å²) in [6.07, 6.45) is -8.16. The fourth-order valence-electron chi connectivity index (χ4n) is 3.34. The van der Waals surface area contributed by atoms with Gasteiger partial charge in [-0.2, -0.15) is 31.3 Å². The molecule has 178 valence electrons. The lowest BCUT2D eigenvalue weighted by Gasteiger charge is -2.15. The Morgan fingerprint density at radius 3 is 2.53 bits per heavy atom. The third-order valence-corrected chi connectivity index (χ3v) is 4.73. The topological polar surface area (TPSA) is 96.2 Å². The minimum absolute atomic E-state index is 0.0587. The summed E-state index contributed by atoms with van der Waals surface area (Å²) in [5.41, 5.74) is 4.79. The molecule has 0 radical (unpaired) electrons. The number of hydrogen-bond donors (Lipinski definition) is 1. The molecule has 0 fully saturated rings. The van der Waals surface area contributed by atoms with Crippen molar-refractivity contribution in [3.8, 4) is 28.6 Å². The van der Waals surface area contributed by atoms with E-state index in [0.717, 1.165) is 12.1 Å². The van der Waals surface area contributed by atoms with Gasteiger partial charge in [-0.3, -0.25) is 4.79 Å². The predicted octanol–water partition coefficient (Wildman–Crippen LogP) is 4.80. The largest absolute Gasteiger partial charge is 0.483 e. The summed E-state index contributed by atoms with van der Waals surface area (Å²) in [5.74, 6) is -1.75. The molecule has 0 saturated carbocycles. The first-order chi connectivity index (χ1) is 15.9. The quantitative estimate of drug-likeness (QED) is 0.397. The SMILES string of the molecule is NC(=O)Cn1ccc2c(-c3noc(-c4ccc(OCC(F)(F)F)c(C(F)(F)F)c4)n3)cccc21. The normalized spacial score (nSPS) is 12.3. The third-order valence-electron chi connectivity index (χ3n) is 4.73. The van der Waals surface area contributed by atoms with Gasteiger partial charge in [0.2, 0.25) is 11.7 Å². The molecule has 0 aliphatic carbocycles. The number of primary amides is 1. The van der Waals surface area contributed by atoms with Gasteiger partial charge in [-0.15, -0.1) is 0 Å². The average Bonchev–Trinajstić information content (AvgIpc) is 3.38. The van der Waals surface area contributed by atoms with Crippen LogP contribution in [0.2, 0.25) is 0 Å². The van der Waals surface area contributed by atoms with E-state index in [2.05, 4.69) is 14.9 Å². The van der Waals surface area contributed by atoms with Gasteiger partial charge in [0.1, 0.15) is 12.3 Å². The van der Waals surface area contributed by atoms with Crippen molar-refractivity contribution in [2.75, 3.05) is 6.61 Å². The Bertz CT molecular complexity index is 1360. The Kier molecular flexibility index (Phi) is 5.71. The van der Waals surface area contributed by atoms with Crippen LogP contribution < -0.4 is 10.5 Å². The molecule has 0 spiro atoms. The Morgan fingerprint density at radius 1 is 1.09 bits per heavy atom. The number of benzene rings is 2. The van der Waals surface area contributed by atoms with Gasteiger partial charge in [0.15, 0.2) is 6.61 Å². The maximum Gasteiger partial charge on any atom is 0.422 e. The molecular formula is C21H14F6N4O3. The maximum absolute atomic E-state index is 13.4. The fourth-order valence-corrected chi connectivity index (χ4v) is 3.34. The summed E-state index contributed by atoms with van der Waals surface area (Å²) in [4.78, 5) is 15.4. The van der Waals surface area contributed by atoms with Crippen molar-refractivity contribution in [3.05, 3.63) is 54.2 Å². The molecule has 7 nitrogen and oxygen atoms in total. The monoisotopic (exact) mass is 484 g/mol. The van der Waals surface area contributed by atoms with Gasteiger partial charge >= 0.3 is 12.4 Å². The minimum Gasteiger partial charge on any atom is -0.483 e. The molecule has 0 aliphatic heterocycles. The van der Waals surface area contributed by atoms with Crippen LogP contribution in [-0.2, 0) is 17.5 Å². The van der Waals surface area contributed by atoms with E-state index in [0.29, 0.717) is 22.5 Å². The van der Waals surface area contributed by atoms with E-state index in [1.54, 1.807) is 35.0 Å². The van der Waals surface area contributed by atoms with Crippen LogP contribution in [0.1, 0.15) is 5.56 Å². The number of amides is 1. The van der Waals surface area contributed by atoms with Crippen LogP contribution in [-0.4, -0.2) is 33.4 Å². The van der Waals surface area contributed by atoms with Crippen LogP contribution in [0.3, 0.4) is 0 Å². The van der Waals surface area contributed by atoms with Crippen LogP contribution in [0.5, 0.6) is 5.75 Å². The zero-order chi connectivity index (χ0) is 24.7. The van der Waals surface area contributed by atoms with Gasteiger partial charge in [0, 0.05) is 28.2 Å². The van der Waals surface area contributed by atoms with Crippen molar-refractivity contribution in [1.29, 1.82) is 0 Å². The number of hydrogen-bond acceptors (Lipinski definition) is 5. The molecular weight excluding hydrogens is 470 g/mol. The van der Waals surface area contributed by atoms with E-state index in [4.69, 9.17) is 10.3 Å². The Hall–Kier alpha value is -4.03. The van der Waals surface area contributed by atoms with Gasteiger partial charge in [-0.05, 0) is 30.3 Å². The number of carbonyl (C=O) groups excluding carboxylic acids is 1. The van der Waals surface area contributed by atoms with Gasteiger partial charge < -0.3 is 19.6 Å².